The number of piperazine rings is 1. The van der Waals surface area contributed by atoms with E-state index in [0.29, 0.717) is 29.4 Å². The molecule has 1 aromatic heterocycles. The number of hydrogen-bond acceptors (Lipinski definition) is 5. The van der Waals surface area contributed by atoms with Crippen LogP contribution >= 0.6 is 11.6 Å². The van der Waals surface area contributed by atoms with E-state index in [2.05, 4.69) is 15.1 Å². The molecule has 1 aliphatic heterocycles. The summed E-state index contributed by atoms with van der Waals surface area (Å²) in [5.74, 6) is 0.0299. The van der Waals surface area contributed by atoms with Gasteiger partial charge in [-0.2, -0.15) is 0 Å². The third kappa shape index (κ3) is 3.59. The van der Waals surface area contributed by atoms with Gasteiger partial charge in [-0.1, -0.05) is 11.6 Å². The van der Waals surface area contributed by atoms with Gasteiger partial charge in [0.25, 0.3) is 5.91 Å². The van der Waals surface area contributed by atoms with Crippen LogP contribution in [0.1, 0.15) is 10.4 Å². The van der Waals surface area contributed by atoms with E-state index < -0.39 is 0 Å². The minimum Gasteiger partial charge on any atom is -0.397 e. The van der Waals surface area contributed by atoms with Gasteiger partial charge in [0.1, 0.15) is 12.7 Å². The minimum atomic E-state index is 0.0299. The third-order valence-corrected chi connectivity index (χ3v) is 4.98. The van der Waals surface area contributed by atoms with Gasteiger partial charge >= 0.3 is 0 Å². The van der Waals surface area contributed by atoms with Crippen LogP contribution in [-0.4, -0.2) is 51.8 Å². The van der Waals surface area contributed by atoms with Gasteiger partial charge in [-0.15, -0.1) is 10.2 Å². The van der Waals surface area contributed by atoms with Gasteiger partial charge in [0.05, 0.1) is 17.1 Å². The lowest BCUT2D eigenvalue weighted by atomic mass is 10.1. The first-order valence-corrected chi connectivity index (χ1v) is 9.04. The predicted octanol–water partition coefficient (Wildman–Crippen LogP) is 2.47. The van der Waals surface area contributed by atoms with Crippen molar-refractivity contribution < 1.29 is 4.79 Å². The maximum Gasteiger partial charge on any atom is 0.253 e. The highest BCUT2D eigenvalue weighted by Gasteiger charge is 2.23. The van der Waals surface area contributed by atoms with Crippen LogP contribution in [0.3, 0.4) is 0 Å². The molecule has 0 bridgehead atoms. The van der Waals surface area contributed by atoms with Crippen LogP contribution in [0.25, 0.3) is 5.69 Å². The summed E-state index contributed by atoms with van der Waals surface area (Å²) in [4.78, 5) is 16.7. The third-order valence-electron chi connectivity index (χ3n) is 4.73. The second-order valence-corrected chi connectivity index (χ2v) is 6.83. The van der Waals surface area contributed by atoms with Crippen molar-refractivity contribution in [1.29, 1.82) is 0 Å². The number of nitrogens with zero attached hydrogens (tertiary/aromatic N) is 5. The summed E-state index contributed by atoms with van der Waals surface area (Å²) >= 11 is 5.90. The molecule has 0 aliphatic carbocycles. The fraction of sp³-hybridized carbons (Fsp3) is 0.211. The Morgan fingerprint density at radius 2 is 1.63 bits per heavy atom. The molecule has 4 rings (SSSR count). The number of hydrogen-bond donors (Lipinski definition) is 1. The fourth-order valence-electron chi connectivity index (χ4n) is 3.25. The average molecular weight is 383 g/mol. The summed E-state index contributed by atoms with van der Waals surface area (Å²) in [5.41, 5.74) is 9.51. The van der Waals surface area contributed by atoms with Crippen molar-refractivity contribution in [3.63, 3.8) is 0 Å². The van der Waals surface area contributed by atoms with Crippen molar-refractivity contribution >= 4 is 28.9 Å². The summed E-state index contributed by atoms with van der Waals surface area (Å²) in [5, 5.41) is 8.25. The molecule has 2 heterocycles. The molecule has 2 aromatic carbocycles. The maximum absolute atomic E-state index is 12.6. The Morgan fingerprint density at radius 3 is 2.26 bits per heavy atom. The van der Waals surface area contributed by atoms with Gasteiger partial charge < -0.3 is 15.5 Å². The van der Waals surface area contributed by atoms with Crippen molar-refractivity contribution in [3.8, 4) is 5.69 Å². The molecule has 0 spiro atoms. The smallest absolute Gasteiger partial charge is 0.253 e. The highest BCUT2D eigenvalue weighted by molar-refractivity contribution is 6.30. The predicted molar refractivity (Wildman–Crippen MR) is 105 cm³/mol. The molecule has 7 nitrogen and oxygen atoms in total. The SMILES string of the molecule is Nc1cc(-n2cnnc2)ccc1N1CCN(C(=O)c2ccc(Cl)cc2)CC1. The highest BCUT2D eigenvalue weighted by atomic mass is 35.5. The molecule has 1 fully saturated rings. The molecule has 0 radical (unpaired) electrons. The molecule has 0 unspecified atom stereocenters. The van der Waals surface area contributed by atoms with Gasteiger partial charge in [0.2, 0.25) is 0 Å². The first kappa shape index (κ1) is 17.4. The molecule has 1 aliphatic rings. The van der Waals surface area contributed by atoms with Gasteiger partial charge in [-0.3, -0.25) is 9.36 Å². The Labute approximate surface area is 162 Å². The number of halogens is 1. The largest absolute Gasteiger partial charge is 0.397 e. The molecule has 2 N–H and O–H groups in total. The van der Waals surface area contributed by atoms with Crippen LogP contribution in [0.2, 0.25) is 5.02 Å². The van der Waals surface area contributed by atoms with Crippen LogP contribution in [0.4, 0.5) is 11.4 Å². The summed E-state index contributed by atoms with van der Waals surface area (Å²) in [6, 6.07) is 12.9. The number of anilines is 2. The number of benzene rings is 2. The van der Waals surface area contributed by atoms with Crippen LogP contribution in [0.5, 0.6) is 0 Å². The minimum absolute atomic E-state index is 0.0299. The Balaban J connectivity index is 1.43. The van der Waals surface area contributed by atoms with E-state index in [1.165, 1.54) is 0 Å². The molecule has 0 atom stereocenters. The summed E-state index contributed by atoms with van der Waals surface area (Å²) in [7, 11) is 0. The van der Waals surface area contributed by atoms with E-state index >= 15 is 0 Å². The zero-order valence-electron chi connectivity index (χ0n) is 14.6. The molecular weight excluding hydrogens is 364 g/mol. The van der Waals surface area contributed by atoms with Gasteiger partial charge in [0, 0.05) is 36.8 Å². The Bertz CT molecular complexity index is 933. The molecule has 8 heteroatoms. The maximum atomic E-state index is 12.6. The van der Waals surface area contributed by atoms with E-state index in [1.54, 1.807) is 36.9 Å². The molecule has 27 heavy (non-hydrogen) atoms. The quantitative estimate of drug-likeness (QED) is 0.704. The Kier molecular flexibility index (Phi) is 4.68. The van der Waals surface area contributed by atoms with Crippen molar-refractivity contribution in [2.24, 2.45) is 0 Å². The zero-order chi connectivity index (χ0) is 18.8. The lowest BCUT2D eigenvalue weighted by molar-refractivity contribution is 0.0747. The number of aromatic nitrogens is 3. The highest BCUT2D eigenvalue weighted by Crippen LogP contribution is 2.27. The number of rotatable bonds is 3. The molecular formula is C19H19ClN6O. The number of carbonyl (C=O) groups is 1. The summed E-state index contributed by atoms with van der Waals surface area (Å²) in [6.07, 6.45) is 3.27. The van der Waals surface area contributed by atoms with E-state index in [9.17, 15) is 4.79 Å². The summed E-state index contributed by atoms with van der Waals surface area (Å²) in [6.45, 7) is 2.76. The molecule has 138 valence electrons. The second kappa shape index (κ2) is 7.28. The number of nitrogens with two attached hydrogens (primary N) is 1. The van der Waals surface area contributed by atoms with Crippen molar-refractivity contribution in [3.05, 3.63) is 65.7 Å². The monoisotopic (exact) mass is 382 g/mol. The van der Waals surface area contributed by atoms with Crippen molar-refractivity contribution in [2.75, 3.05) is 36.8 Å². The van der Waals surface area contributed by atoms with E-state index in [4.69, 9.17) is 17.3 Å². The Morgan fingerprint density at radius 1 is 0.963 bits per heavy atom. The Hall–Kier alpha value is -3.06. The van der Waals surface area contributed by atoms with Gasteiger partial charge in [-0.05, 0) is 42.5 Å². The molecule has 0 saturated carbocycles. The molecule has 1 saturated heterocycles. The normalized spacial score (nSPS) is 14.4. The molecule has 1 amide bonds. The topological polar surface area (TPSA) is 80.3 Å². The average Bonchev–Trinajstić information content (AvgIpc) is 3.23. The standard InChI is InChI=1S/C19H19ClN6O/c20-15-3-1-14(2-4-15)19(27)25-9-7-24(8-10-25)18-6-5-16(11-17(18)21)26-12-22-23-13-26/h1-6,11-13H,7-10,21H2. The number of carbonyl (C=O) groups excluding carboxylic acids is 1. The first-order valence-electron chi connectivity index (χ1n) is 8.66. The van der Waals surface area contributed by atoms with Crippen LogP contribution in [0, 0.1) is 0 Å². The first-order chi connectivity index (χ1) is 13.1. The zero-order valence-corrected chi connectivity index (χ0v) is 15.4. The summed E-state index contributed by atoms with van der Waals surface area (Å²) < 4.78 is 1.81. The van der Waals surface area contributed by atoms with Crippen LogP contribution < -0.4 is 10.6 Å². The lowest BCUT2D eigenvalue weighted by Gasteiger charge is -2.36. The fourth-order valence-corrected chi connectivity index (χ4v) is 3.38. The molecule has 3 aromatic rings. The van der Waals surface area contributed by atoms with E-state index in [0.717, 1.165) is 24.5 Å². The van der Waals surface area contributed by atoms with Crippen LogP contribution in [0.15, 0.2) is 55.1 Å². The van der Waals surface area contributed by atoms with Gasteiger partial charge in [0.15, 0.2) is 0 Å². The van der Waals surface area contributed by atoms with Gasteiger partial charge in [-0.25, -0.2) is 0 Å². The number of nitrogen functional groups attached to an aromatic ring is 1. The van der Waals surface area contributed by atoms with Crippen LogP contribution in [-0.2, 0) is 0 Å². The van der Waals surface area contributed by atoms with E-state index in [-0.39, 0.29) is 5.91 Å². The lowest BCUT2D eigenvalue weighted by Crippen LogP contribution is -2.49. The second-order valence-electron chi connectivity index (χ2n) is 6.40. The van der Waals surface area contributed by atoms with Crippen molar-refractivity contribution in [2.45, 2.75) is 0 Å². The number of amides is 1. The van der Waals surface area contributed by atoms with E-state index in [1.807, 2.05) is 27.7 Å². The van der Waals surface area contributed by atoms with Crippen molar-refractivity contribution in [1.82, 2.24) is 19.7 Å².